The Bertz CT molecular complexity index is 435. The van der Waals surface area contributed by atoms with Crippen LogP contribution in [0, 0.1) is 6.92 Å². The van der Waals surface area contributed by atoms with Gasteiger partial charge in [0, 0.05) is 6.20 Å². The van der Waals surface area contributed by atoms with Gasteiger partial charge in [-0.15, -0.1) is 0 Å². The van der Waals surface area contributed by atoms with Gasteiger partial charge in [-0.3, -0.25) is 4.98 Å². The molecule has 0 amide bonds. The molecule has 0 spiro atoms. The van der Waals surface area contributed by atoms with Crippen molar-refractivity contribution < 1.29 is 0 Å². The Kier molecular flexibility index (Phi) is 3.05. The molecule has 0 radical (unpaired) electrons. The van der Waals surface area contributed by atoms with Gasteiger partial charge in [0.15, 0.2) is 0 Å². The average Bonchev–Trinajstić information content (AvgIpc) is 2.30. The van der Waals surface area contributed by atoms with Gasteiger partial charge in [0.2, 0.25) is 0 Å². The van der Waals surface area contributed by atoms with Gasteiger partial charge in [0.25, 0.3) is 0 Å². The lowest BCUT2D eigenvalue weighted by molar-refractivity contribution is 1.02. The van der Waals surface area contributed by atoms with Gasteiger partial charge in [0.1, 0.15) is 0 Å². The summed E-state index contributed by atoms with van der Waals surface area (Å²) in [6.45, 7) is 2.75. The minimum atomic E-state index is 0.695. The largest absolute Gasteiger partial charge is 0.397 e. The number of nitrogens with two attached hydrogens (primary N) is 1. The van der Waals surface area contributed by atoms with Crippen molar-refractivity contribution in [3.8, 4) is 0 Å². The van der Waals surface area contributed by atoms with Crippen LogP contribution < -0.4 is 11.1 Å². The molecule has 0 aliphatic rings. The van der Waals surface area contributed by atoms with E-state index in [4.69, 9.17) is 5.73 Å². The van der Waals surface area contributed by atoms with E-state index in [9.17, 15) is 0 Å². The van der Waals surface area contributed by atoms with Crippen LogP contribution in [0.15, 0.2) is 42.6 Å². The fraction of sp³-hybridized carbons (Fsp3) is 0.154. The molecule has 0 aliphatic carbocycles. The molecule has 0 atom stereocenters. The Morgan fingerprint density at radius 2 is 2.00 bits per heavy atom. The van der Waals surface area contributed by atoms with Crippen LogP contribution in [0.25, 0.3) is 0 Å². The summed E-state index contributed by atoms with van der Waals surface area (Å²) in [5, 5.41) is 3.28. The smallest absolute Gasteiger partial charge is 0.0623 e. The maximum atomic E-state index is 5.84. The third-order valence-corrected chi connectivity index (χ3v) is 2.52. The average molecular weight is 213 g/mol. The minimum Gasteiger partial charge on any atom is -0.397 e. The predicted octanol–water partition coefficient (Wildman–Crippen LogP) is 2.58. The molecule has 82 valence electrons. The number of rotatable bonds is 3. The van der Waals surface area contributed by atoms with Crippen LogP contribution in [0.4, 0.5) is 11.4 Å². The first kappa shape index (κ1) is 10.5. The number of nitrogen functional groups attached to an aromatic ring is 1. The first-order chi connectivity index (χ1) is 7.77. The standard InChI is InChI=1S/C13H15N3/c1-10-5-4-8-15-13(10)9-16-12-7-3-2-6-11(12)14/h2-8,16H,9,14H2,1H3. The Morgan fingerprint density at radius 1 is 1.19 bits per heavy atom. The highest BCUT2D eigenvalue weighted by Gasteiger charge is 2.00. The van der Waals surface area contributed by atoms with Crippen LogP contribution in [-0.4, -0.2) is 4.98 Å². The third kappa shape index (κ3) is 2.31. The molecule has 3 heteroatoms. The summed E-state index contributed by atoms with van der Waals surface area (Å²) in [4.78, 5) is 4.32. The summed E-state index contributed by atoms with van der Waals surface area (Å²) >= 11 is 0. The summed E-state index contributed by atoms with van der Waals surface area (Å²) in [5.74, 6) is 0. The van der Waals surface area contributed by atoms with Crippen molar-refractivity contribution in [1.82, 2.24) is 4.98 Å². The van der Waals surface area contributed by atoms with Crippen molar-refractivity contribution in [2.45, 2.75) is 13.5 Å². The van der Waals surface area contributed by atoms with E-state index in [-0.39, 0.29) is 0 Å². The van der Waals surface area contributed by atoms with Gasteiger partial charge in [-0.1, -0.05) is 18.2 Å². The zero-order chi connectivity index (χ0) is 11.4. The van der Waals surface area contributed by atoms with Crippen LogP contribution in [0.5, 0.6) is 0 Å². The predicted molar refractivity (Wildman–Crippen MR) is 67.2 cm³/mol. The van der Waals surface area contributed by atoms with E-state index in [0.29, 0.717) is 6.54 Å². The number of aryl methyl sites for hydroxylation is 1. The summed E-state index contributed by atoms with van der Waals surface area (Å²) in [5.41, 5.74) is 9.78. The summed E-state index contributed by atoms with van der Waals surface area (Å²) in [6, 6.07) is 11.7. The van der Waals surface area contributed by atoms with Crippen LogP contribution >= 0.6 is 0 Å². The Morgan fingerprint density at radius 3 is 2.75 bits per heavy atom. The molecular weight excluding hydrogens is 198 g/mol. The summed E-state index contributed by atoms with van der Waals surface area (Å²) in [7, 11) is 0. The molecule has 1 aromatic carbocycles. The second-order valence-corrected chi connectivity index (χ2v) is 3.71. The van der Waals surface area contributed by atoms with Gasteiger partial charge < -0.3 is 11.1 Å². The van der Waals surface area contributed by atoms with E-state index < -0.39 is 0 Å². The summed E-state index contributed by atoms with van der Waals surface area (Å²) < 4.78 is 0. The third-order valence-electron chi connectivity index (χ3n) is 2.52. The minimum absolute atomic E-state index is 0.695. The van der Waals surface area contributed by atoms with Gasteiger partial charge >= 0.3 is 0 Å². The molecule has 0 fully saturated rings. The molecule has 0 bridgehead atoms. The molecule has 1 aromatic heterocycles. The second-order valence-electron chi connectivity index (χ2n) is 3.71. The van der Waals surface area contributed by atoms with Crippen LogP contribution in [0.3, 0.4) is 0 Å². The summed E-state index contributed by atoms with van der Waals surface area (Å²) in [6.07, 6.45) is 1.80. The lowest BCUT2D eigenvalue weighted by atomic mass is 10.2. The van der Waals surface area contributed by atoms with Crippen molar-refractivity contribution >= 4 is 11.4 Å². The molecule has 0 saturated carbocycles. The highest BCUT2D eigenvalue weighted by molar-refractivity contribution is 5.65. The SMILES string of the molecule is Cc1cccnc1CNc1ccccc1N. The molecule has 0 aliphatic heterocycles. The van der Waals surface area contributed by atoms with Gasteiger partial charge in [-0.2, -0.15) is 0 Å². The van der Waals surface area contributed by atoms with Crippen molar-refractivity contribution in [3.05, 3.63) is 53.9 Å². The number of nitrogens with one attached hydrogen (secondary N) is 1. The molecule has 2 aromatic rings. The first-order valence-electron chi connectivity index (χ1n) is 5.26. The topological polar surface area (TPSA) is 50.9 Å². The molecular formula is C13H15N3. The lowest BCUT2D eigenvalue weighted by Gasteiger charge is -2.09. The van der Waals surface area contributed by atoms with Crippen molar-refractivity contribution in [2.24, 2.45) is 0 Å². The van der Waals surface area contributed by atoms with Crippen LogP contribution in [0.2, 0.25) is 0 Å². The van der Waals surface area contributed by atoms with E-state index in [1.54, 1.807) is 6.20 Å². The van der Waals surface area contributed by atoms with E-state index in [2.05, 4.69) is 23.3 Å². The van der Waals surface area contributed by atoms with Gasteiger partial charge in [-0.05, 0) is 30.7 Å². The highest BCUT2D eigenvalue weighted by atomic mass is 14.9. The van der Waals surface area contributed by atoms with Crippen molar-refractivity contribution in [2.75, 3.05) is 11.1 Å². The Hall–Kier alpha value is -2.03. The number of nitrogens with zero attached hydrogens (tertiary/aromatic N) is 1. The Labute approximate surface area is 95.3 Å². The normalized spacial score (nSPS) is 10.1. The number of benzene rings is 1. The fourth-order valence-electron chi connectivity index (χ4n) is 1.54. The van der Waals surface area contributed by atoms with Crippen molar-refractivity contribution in [3.63, 3.8) is 0 Å². The molecule has 3 nitrogen and oxygen atoms in total. The number of anilines is 2. The van der Waals surface area contributed by atoms with Gasteiger partial charge in [0.05, 0.1) is 23.6 Å². The highest BCUT2D eigenvalue weighted by Crippen LogP contribution is 2.17. The molecule has 3 N–H and O–H groups in total. The number of para-hydroxylation sites is 2. The number of hydrogen-bond donors (Lipinski definition) is 2. The zero-order valence-corrected chi connectivity index (χ0v) is 9.27. The zero-order valence-electron chi connectivity index (χ0n) is 9.27. The molecule has 16 heavy (non-hydrogen) atoms. The molecule has 0 unspecified atom stereocenters. The van der Waals surface area contributed by atoms with E-state index in [0.717, 1.165) is 17.1 Å². The van der Waals surface area contributed by atoms with E-state index in [1.165, 1.54) is 5.56 Å². The van der Waals surface area contributed by atoms with Crippen LogP contribution in [0.1, 0.15) is 11.3 Å². The Balaban J connectivity index is 2.09. The fourth-order valence-corrected chi connectivity index (χ4v) is 1.54. The van der Waals surface area contributed by atoms with E-state index in [1.807, 2.05) is 30.3 Å². The maximum absolute atomic E-state index is 5.84. The maximum Gasteiger partial charge on any atom is 0.0623 e. The number of pyridine rings is 1. The number of hydrogen-bond acceptors (Lipinski definition) is 3. The quantitative estimate of drug-likeness (QED) is 0.770. The lowest BCUT2D eigenvalue weighted by Crippen LogP contribution is -2.05. The molecule has 0 saturated heterocycles. The van der Waals surface area contributed by atoms with Gasteiger partial charge in [-0.25, -0.2) is 0 Å². The van der Waals surface area contributed by atoms with Crippen molar-refractivity contribution in [1.29, 1.82) is 0 Å². The first-order valence-corrected chi connectivity index (χ1v) is 5.26. The van der Waals surface area contributed by atoms with E-state index >= 15 is 0 Å². The number of aromatic nitrogens is 1. The molecule has 2 rings (SSSR count). The second kappa shape index (κ2) is 4.66. The monoisotopic (exact) mass is 213 g/mol. The van der Waals surface area contributed by atoms with Crippen LogP contribution in [-0.2, 0) is 6.54 Å². The molecule has 1 heterocycles.